The van der Waals surface area contributed by atoms with Gasteiger partial charge in [-0.05, 0) is 49.9 Å². The van der Waals surface area contributed by atoms with E-state index in [2.05, 4.69) is 0 Å². The lowest BCUT2D eigenvalue weighted by Gasteiger charge is -2.55. The maximum atomic E-state index is 12.1. The van der Waals surface area contributed by atoms with Crippen molar-refractivity contribution in [2.75, 3.05) is 0 Å². The molecule has 2 N–H and O–H groups in total. The van der Waals surface area contributed by atoms with Gasteiger partial charge in [0, 0.05) is 17.9 Å². The monoisotopic (exact) mass is 350 g/mol. The molecule has 1 saturated carbocycles. The van der Waals surface area contributed by atoms with Crippen molar-refractivity contribution in [3.8, 4) is 0 Å². The first kappa shape index (κ1) is 19.7. The molecule has 0 aromatic rings. The molecule has 0 radical (unpaired) electrons. The van der Waals surface area contributed by atoms with E-state index < -0.39 is 22.8 Å². The lowest BCUT2D eigenvalue weighted by Crippen LogP contribution is -2.53. The Labute approximate surface area is 149 Å². The van der Waals surface area contributed by atoms with Crippen LogP contribution in [0.5, 0.6) is 0 Å². The third kappa shape index (κ3) is 3.38. The van der Waals surface area contributed by atoms with E-state index in [1.165, 1.54) is 0 Å². The molecule has 0 amide bonds. The van der Waals surface area contributed by atoms with Crippen LogP contribution in [0.3, 0.4) is 0 Å². The molecule has 0 aromatic heterocycles. The van der Waals surface area contributed by atoms with Gasteiger partial charge in [-0.1, -0.05) is 33.3 Å². The van der Waals surface area contributed by atoms with E-state index in [1.54, 1.807) is 13.0 Å². The van der Waals surface area contributed by atoms with Gasteiger partial charge in [0.1, 0.15) is 5.78 Å². The Bertz CT molecular complexity index is 605. The first-order valence-electron chi connectivity index (χ1n) is 9.23. The zero-order chi connectivity index (χ0) is 19.0. The number of carbonyl (C=O) groups is 3. The molecule has 4 atom stereocenters. The number of hydrogen-bond acceptors (Lipinski definition) is 3. The van der Waals surface area contributed by atoms with Crippen LogP contribution in [0.15, 0.2) is 11.6 Å². The summed E-state index contributed by atoms with van der Waals surface area (Å²) in [5.74, 6) is -2.05. The van der Waals surface area contributed by atoms with Gasteiger partial charge in [0.05, 0.1) is 5.41 Å². The third-order valence-corrected chi connectivity index (χ3v) is 6.78. The Balaban J connectivity index is 2.40. The molecule has 2 aliphatic carbocycles. The number of hydrogen-bond donors (Lipinski definition) is 2. The second-order valence-electron chi connectivity index (χ2n) is 8.55. The van der Waals surface area contributed by atoms with Gasteiger partial charge in [-0.2, -0.15) is 0 Å². The molecule has 0 spiro atoms. The van der Waals surface area contributed by atoms with Gasteiger partial charge in [0.2, 0.25) is 0 Å². The highest BCUT2D eigenvalue weighted by Gasteiger charge is 2.57. The summed E-state index contributed by atoms with van der Waals surface area (Å²) in [7, 11) is 0. The zero-order valence-electron chi connectivity index (χ0n) is 15.7. The molecule has 0 heterocycles. The molecule has 0 unspecified atom stereocenters. The van der Waals surface area contributed by atoms with Crippen LogP contribution < -0.4 is 0 Å². The van der Waals surface area contributed by atoms with Crippen molar-refractivity contribution in [3.05, 3.63) is 11.6 Å². The number of aliphatic carboxylic acids is 2. The fraction of sp³-hybridized carbons (Fsp3) is 0.750. The summed E-state index contributed by atoms with van der Waals surface area (Å²) in [6.07, 6.45) is 5.23. The number of Topliss-reactive ketones (excluding diaryl/α,β-unsaturated/α-hetero) is 1. The van der Waals surface area contributed by atoms with E-state index in [0.717, 1.165) is 12.8 Å². The van der Waals surface area contributed by atoms with E-state index in [-0.39, 0.29) is 23.5 Å². The fourth-order valence-corrected chi connectivity index (χ4v) is 5.15. The van der Waals surface area contributed by atoms with E-state index >= 15 is 0 Å². The number of carboxylic acids is 2. The average Bonchev–Trinajstić information content (AvgIpc) is 2.51. The third-order valence-electron chi connectivity index (χ3n) is 6.78. The molecule has 140 valence electrons. The van der Waals surface area contributed by atoms with Crippen molar-refractivity contribution >= 4 is 17.7 Å². The van der Waals surface area contributed by atoms with Gasteiger partial charge in [0.15, 0.2) is 0 Å². The van der Waals surface area contributed by atoms with Crippen molar-refractivity contribution in [1.82, 2.24) is 0 Å². The van der Waals surface area contributed by atoms with Gasteiger partial charge in [-0.3, -0.25) is 9.59 Å². The van der Waals surface area contributed by atoms with Gasteiger partial charge >= 0.3 is 11.9 Å². The summed E-state index contributed by atoms with van der Waals surface area (Å²) in [5, 5.41) is 19.5. The molecular weight excluding hydrogens is 320 g/mol. The highest BCUT2D eigenvalue weighted by atomic mass is 16.4. The second-order valence-corrected chi connectivity index (χ2v) is 8.55. The SMILES string of the molecule is CC(C)C(=O)CC[C@H]1C(C(=O)O)=CC[C@@H]2[C@]1(C)CCC[C@@]2(C)C(=O)O. The van der Waals surface area contributed by atoms with E-state index in [1.807, 2.05) is 20.8 Å². The van der Waals surface area contributed by atoms with Crippen LogP contribution >= 0.6 is 0 Å². The zero-order valence-corrected chi connectivity index (χ0v) is 15.7. The standard InChI is InChI=1S/C20H30O5/c1-12(2)15(21)8-7-14-13(17(22)23)6-9-16-19(14,3)10-5-11-20(16,4)18(24)25/h6,12,14,16H,5,7-11H2,1-4H3,(H,22,23)(H,24,25)/t14-,16+,19+,20+/m0/s1. The summed E-state index contributed by atoms with van der Waals surface area (Å²) in [6, 6.07) is 0. The van der Waals surface area contributed by atoms with E-state index in [0.29, 0.717) is 31.3 Å². The van der Waals surface area contributed by atoms with Crippen molar-refractivity contribution in [3.63, 3.8) is 0 Å². The van der Waals surface area contributed by atoms with Crippen LogP contribution in [0.25, 0.3) is 0 Å². The number of carboxylic acid groups (broad SMARTS) is 2. The van der Waals surface area contributed by atoms with Crippen LogP contribution in [0.1, 0.15) is 66.2 Å². The molecule has 5 heteroatoms. The lowest BCUT2D eigenvalue weighted by molar-refractivity contribution is -0.163. The largest absolute Gasteiger partial charge is 0.481 e. The Kier molecular flexibility index (Phi) is 5.45. The molecule has 5 nitrogen and oxygen atoms in total. The molecular formula is C20H30O5. The maximum Gasteiger partial charge on any atom is 0.331 e. The topological polar surface area (TPSA) is 91.7 Å². The van der Waals surface area contributed by atoms with Crippen LogP contribution in [-0.2, 0) is 14.4 Å². The number of fused-ring (bicyclic) bond motifs is 1. The molecule has 25 heavy (non-hydrogen) atoms. The van der Waals surface area contributed by atoms with E-state index in [9.17, 15) is 24.6 Å². The summed E-state index contributed by atoms with van der Waals surface area (Å²) in [4.78, 5) is 35.8. The van der Waals surface area contributed by atoms with Crippen molar-refractivity contribution in [2.45, 2.75) is 66.2 Å². The second kappa shape index (κ2) is 6.93. The Hall–Kier alpha value is -1.65. The van der Waals surface area contributed by atoms with Crippen LogP contribution in [0, 0.1) is 28.6 Å². The molecule has 1 fully saturated rings. The summed E-state index contributed by atoms with van der Waals surface area (Å²) >= 11 is 0. The molecule has 0 bridgehead atoms. The smallest absolute Gasteiger partial charge is 0.331 e. The summed E-state index contributed by atoms with van der Waals surface area (Å²) < 4.78 is 0. The number of carbonyl (C=O) groups excluding carboxylic acids is 1. The molecule has 0 aliphatic heterocycles. The van der Waals surface area contributed by atoms with Crippen molar-refractivity contribution in [1.29, 1.82) is 0 Å². The van der Waals surface area contributed by atoms with Crippen molar-refractivity contribution < 1.29 is 24.6 Å². The Morgan fingerprint density at radius 1 is 1.20 bits per heavy atom. The maximum absolute atomic E-state index is 12.1. The highest BCUT2D eigenvalue weighted by Crippen LogP contribution is 2.60. The normalized spacial score (nSPS) is 35.0. The van der Waals surface area contributed by atoms with Crippen LogP contribution in [-0.4, -0.2) is 27.9 Å². The Morgan fingerprint density at radius 3 is 2.36 bits per heavy atom. The molecule has 0 saturated heterocycles. The van der Waals surface area contributed by atoms with Gasteiger partial charge in [0.25, 0.3) is 0 Å². The van der Waals surface area contributed by atoms with Crippen LogP contribution in [0.4, 0.5) is 0 Å². The predicted molar refractivity (Wildman–Crippen MR) is 94.1 cm³/mol. The van der Waals surface area contributed by atoms with Crippen LogP contribution in [0.2, 0.25) is 0 Å². The Morgan fingerprint density at radius 2 is 1.84 bits per heavy atom. The predicted octanol–water partition coefficient (Wildman–Crippen LogP) is 3.92. The number of allylic oxidation sites excluding steroid dienone is 1. The molecule has 0 aromatic carbocycles. The molecule has 2 aliphatic rings. The minimum Gasteiger partial charge on any atom is -0.481 e. The first-order valence-corrected chi connectivity index (χ1v) is 9.23. The van der Waals surface area contributed by atoms with Crippen molar-refractivity contribution in [2.24, 2.45) is 28.6 Å². The molecule has 2 rings (SSSR count). The fourth-order valence-electron chi connectivity index (χ4n) is 5.15. The van der Waals surface area contributed by atoms with Gasteiger partial charge in [-0.15, -0.1) is 0 Å². The number of rotatable bonds is 6. The van der Waals surface area contributed by atoms with E-state index in [4.69, 9.17) is 0 Å². The highest BCUT2D eigenvalue weighted by molar-refractivity contribution is 5.88. The van der Waals surface area contributed by atoms with Gasteiger partial charge < -0.3 is 10.2 Å². The quantitative estimate of drug-likeness (QED) is 0.757. The first-order chi connectivity index (χ1) is 11.5. The minimum absolute atomic E-state index is 0.0694. The lowest BCUT2D eigenvalue weighted by atomic mass is 9.47. The minimum atomic E-state index is -0.940. The number of ketones is 1. The van der Waals surface area contributed by atoms with Gasteiger partial charge in [-0.25, -0.2) is 4.79 Å². The average molecular weight is 350 g/mol. The summed E-state index contributed by atoms with van der Waals surface area (Å²) in [5.41, 5.74) is -0.871. The summed E-state index contributed by atoms with van der Waals surface area (Å²) in [6.45, 7) is 7.54.